The lowest BCUT2D eigenvalue weighted by molar-refractivity contribution is 0.337. The second-order valence-electron chi connectivity index (χ2n) is 3.79. The minimum absolute atomic E-state index is 0.746. The second-order valence-corrected chi connectivity index (χ2v) is 21.5. The summed E-state index contributed by atoms with van der Waals surface area (Å²) >= 11 is 0. The van der Waals surface area contributed by atoms with Crippen LogP contribution in [0.15, 0.2) is 0 Å². The van der Waals surface area contributed by atoms with Crippen LogP contribution in [0.5, 0.6) is 0 Å². The molecule has 0 aliphatic carbocycles. The van der Waals surface area contributed by atoms with Crippen molar-refractivity contribution in [2.24, 2.45) is 0 Å². The SMILES string of the molecule is C[Si](C)(O[SiH2]O[SiH2]O[SiH2]O[SiH3])O[SiH2]O[SiH2]O[SiH2]O[SiH3]. The fraction of sp³-hybridized carbons (Fsp3) is 1.00. The molecule has 0 saturated carbocycles. The van der Waals surface area contributed by atoms with E-state index in [-0.39, 0.29) is 0 Å². The number of rotatable bonds is 14. The van der Waals surface area contributed by atoms with Crippen LogP contribution in [0.3, 0.4) is 0 Å². The summed E-state index contributed by atoms with van der Waals surface area (Å²) in [5.74, 6) is 0. The summed E-state index contributed by atoms with van der Waals surface area (Å²) < 4.78 is 43.0. The van der Waals surface area contributed by atoms with Crippen molar-refractivity contribution < 1.29 is 32.9 Å². The Kier molecular flexibility index (Phi) is 15.8. The van der Waals surface area contributed by atoms with Gasteiger partial charge in [-0.05, 0) is 13.1 Å². The Morgan fingerprint density at radius 2 is 1.00 bits per heavy atom. The van der Waals surface area contributed by atoms with E-state index in [2.05, 4.69) is 0 Å². The molecule has 0 aromatic heterocycles. The summed E-state index contributed by atoms with van der Waals surface area (Å²) in [6.07, 6.45) is 0. The van der Waals surface area contributed by atoms with Gasteiger partial charge in [0, 0.05) is 0 Å². The lowest BCUT2D eigenvalue weighted by atomic mass is 11.9. The predicted molar refractivity (Wildman–Crippen MR) is 97.3 cm³/mol. The molecule has 0 aliphatic heterocycles. The van der Waals surface area contributed by atoms with E-state index in [4.69, 9.17) is 32.9 Å². The third-order valence-corrected chi connectivity index (χ3v) is 15.4. The van der Waals surface area contributed by atoms with Gasteiger partial charge in [0.15, 0.2) is 0 Å². The van der Waals surface area contributed by atoms with E-state index in [9.17, 15) is 0 Å². The Morgan fingerprint density at radius 3 is 1.37 bits per heavy atom. The minimum Gasteiger partial charge on any atom is -0.449 e. The fourth-order valence-corrected chi connectivity index (χ4v) is 14.8. The molecule has 0 radical (unpaired) electrons. The highest BCUT2D eigenvalue weighted by Crippen LogP contribution is 2.04. The van der Waals surface area contributed by atoms with Crippen molar-refractivity contribution in [3.05, 3.63) is 0 Å². The first kappa shape index (κ1) is 20.6. The van der Waals surface area contributed by atoms with Gasteiger partial charge in [-0.1, -0.05) is 0 Å². The molecule has 0 fully saturated rings. The molecule has 0 aromatic carbocycles. The minimum atomic E-state index is -2.06. The maximum atomic E-state index is 5.73. The van der Waals surface area contributed by atoms with Crippen LogP contribution in [0.1, 0.15) is 0 Å². The molecule has 0 heterocycles. The average Bonchev–Trinajstić information content (AvgIpc) is 2.38. The third-order valence-electron chi connectivity index (χ3n) is 1.72. The highest BCUT2D eigenvalue weighted by atomic mass is 28.5. The van der Waals surface area contributed by atoms with E-state index < -0.39 is 68.6 Å². The van der Waals surface area contributed by atoms with Crippen molar-refractivity contribution in [3.8, 4) is 0 Å². The van der Waals surface area contributed by atoms with Crippen LogP contribution in [-0.4, -0.2) is 89.6 Å². The van der Waals surface area contributed by atoms with Gasteiger partial charge in [-0.15, -0.1) is 0 Å². The molecule has 0 saturated heterocycles. The Balaban J connectivity index is 3.36. The first-order chi connectivity index (χ1) is 9.12. The van der Waals surface area contributed by atoms with E-state index in [1.54, 1.807) is 0 Å². The molecule has 0 amide bonds. The molecule has 0 aliphatic rings. The summed E-state index contributed by atoms with van der Waals surface area (Å²) in [6, 6.07) is 0. The van der Waals surface area contributed by atoms with E-state index >= 15 is 0 Å². The third kappa shape index (κ3) is 15.8. The van der Waals surface area contributed by atoms with Crippen molar-refractivity contribution in [1.82, 2.24) is 0 Å². The Labute approximate surface area is 135 Å². The van der Waals surface area contributed by atoms with Gasteiger partial charge in [-0.25, -0.2) is 0 Å². The molecule has 116 valence electrons. The lowest BCUT2D eigenvalue weighted by Crippen LogP contribution is -2.39. The standard InChI is InChI=1S/C2H24O8Si9/c1-19(2,9-17-7-15-5-13-3-11)10-18-8-16-6-14-4-12/h13-18H2,1-2,11-12H3. The van der Waals surface area contributed by atoms with Gasteiger partial charge in [0.2, 0.25) is 0 Å². The van der Waals surface area contributed by atoms with Crippen molar-refractivity contribution in [1.29, 1.82) is 0 Å². The summed E-state index contributed by atoms with van der Waals surface area (Å²) in [5, 5.41) is 0. The summed E-state index contributed by atoms with van der Waals surface area (Å²) in [7, 11) is -5.76. The normalized spacial score (nSPS) is 16.1. The van der Waals surface area contributed by atoms with Gasteiger partial charge in [0.05, 0.1) is 0 Å². The largest absolute Gasteiger partial charge is 0.449 e. The van der Waals surface area contributed by atoms with Crippen LogP contribution in [0.25, 0.3) is 0 Å². The zero-order valence-electron chi connectivity index (χ0n) is 12.0. The molecule has 0 rings (SSSR count). The molecule has 0 unspecified atom stereocenters. The van der Waals surface area contributed by atoms with Gasteiger partial charge in [-0.2, -0.15) is 0 Å². The van der Waals surface area contributed by atoms with Crippen molar-refractivity contribution in [2.45, 2.75) is 13.1 Å². The van der Waals surface area contributed by atoms with E-state index in [0.717, 1.165) is 21.0 Å². The molecular formula is C2H24O8Si9. The van der Waals surface area contributed by atoms with Crippen LogP contribution < -0.4 is 0 Å². The molecule has 0 spiro atoms. The molecule has 0 N–H and O–H groups in total. The Hall–Kier alpha value is 1.63. The van der Waals surface area contributed by atoms with E-state index in [0.29, 0.717) is 0 Å². The number of hydrogen-bond acceptors (Lipinski definition) is 8. The smallest absolute Gasteiger partial charge is 0.313 e. The van der Waals surface area contributed by atoms with Gasteiger partial charge in [-0.3, -0.25) is 0 Å². The molecule has 0 aromatic rings. The van der Waals surface area contributed by atoms with Crippen LogP contribution >= 0.6 is 0 Å². The van der Waals surface area contributed by atoms with Gasteiger partial charge in [0.25, 0.3) is 60.0 Å². The molecule has 17 heteroatoms. The predicted octanol–water partition coefficient (Wildman–Crippen LogP) is -7.63. The quantitative estimate of drug-likeness (QED) is 0.199. The first-order valence-corrected chi connectivity index (χ1v) is 17.1. The molecular weight excluding hydrogens is 405 g/mol. The maximum absolute atomic E-state index is 5.73. The Morgan fingerprint density at radius 1 is 0.632 bits per heavy atom. The monoisotopic (exact) mass is 428 g/mol. The molecule has 0 atom stereocenters. The lowest BCUT2D eigenvalue weighted by Gasteiger charge is -2.23. The molecule has 8 nitrogen and oxygen atoms in total. The fourth-order valence-electron chi connectivity index (χ4n) is 0.829. The van der Waals surface area contributed by atoms with Crippen LogP contribution in [-0.2, 0) is 32.9 Å². The molecule has 0 bridgehead atoms. The Bertz CT molecular complexity index is 177. The van der Waals surface area contributed by atoms with Gasteiger partial charge < -0.3 is 32.9 Å². The van der Waals surface area contributed by atoms with Crippen LogP contribution in [0.2, 0.25) is 13.1 Å². The molecule has 19 heavy (non-hydrogen) atoms. The number of hydrogen-bond donors (Lipinski definition) is 0. The highest BCUT2D eigenvalue weighted by molar-refractivity contribution is 6.72. The average molecular weight is 429 g/mol. The zero-order chi connectivity index (χ0) is 14.4. The zero-order valence-corrected chi connectivity index (χ0v) is 25.5. The van der Waals surface area contributed by atoms with Crippen molar-refractivity contribution in [3.63, 3.8) is 0 Å². The van der Waals surface area contributed by atoms with Crippen molar-refractivity contribution in [2.75, 3.05) is 0 Å². The second kappa shape index (κ2) is 14.6. The maximum Gasteiger partial charge on any atom is 0.313 e. The summed E-state index contributed by atoms with van der Waals surface area (Å²) in [4.78, 5) is 0. The van der Waals surface area contributed by atoms with Crippen molar-refractivity contribution >= 4 is 89.6 Å². The summed E-state index contributed by atoms with van der Waals surface area (Å²) in [6.45, 7) is 4.02. The van der Waals surface area contributed by atoms with Gasteiger partial charge >= 0.3 is 8.56 Å². The van der Waals surface area contributed by atoms with E-state index in [1.165, 1.54) is 0 Å². The summed E-state index contributed by atoms with van der Waals surface area (Å²) in [5.41, 5.74) is 0. The van der Waals surface area contributed by atoms with E-state index in [1.807, 2.05) is 13.1 Å². The first-order valence-electron chi connectivity index (χ1n) is 5.69. The van der Waals surface area contributed by atoms with Gasteiger partial charge in [0.1, 0.15) is 21.0 Å². The topological polar surface area (TPSA) is 73.8 Å². The van der Waals surface area contributed by atoms with Crippen LogP contribution in [0, 0.1) is 0 Å². The highest BCUT2D eigenvalue weighted by Gasteiger charge is 2.23. The van der Waals surface area contributed by atoms with Crippen LogP contribution in [0.4, 0.5) is 0 Å².